The lowest BCUT2D eigenvalue weighted by Gasteiger charge is -2.37. The van der Waals surface area contributed by atoms with Gasteiger partial charge in [-0.3, -0.25) is 0 Å². The average Bonchev–Trinajstić information content (AvgIpc) is 2.30. The lowest BCUT2D eigenvalue weighted by atomic mass is 10.2. The topological polar surface area (TPSA) is 52.7 Å². The molecule has 16 heavy (non-hydrogen) atoms. The van der Waals surface area contributed by atoms with E-state index in [9.17, 15) is 8.42 Å². The second-order valence-corrected chi connectivity index (χ2v) is 6.51. The van der Waals surface area contributed by atoms with Crippen LogP contribution in [0, 0.1) is 0 Å². The molecule has 2 heterocycles. The van der Waals surface area contributed by atoms with Crippen LogP contribution in [0.2, 0.25) is 0 Å². The standard InChI is InChI=1S/C10H21N3O2S/c1-10-9-11-5-8-13(10)16(14,15)12-6-3-2-4-7-12/h10-11H,2-9H2,1H3. The van der Waals surface area contributed by atoms with Crippen LogP contribution in [0.4, 0.5) is 0 Å². The van der Waals surface area contributed by atoms with E-state index in [1.165, 1.54) is 0 Å². The predicted octanol–water partition coefficient (Wildman–Crippen LogP) is 0.0108. The zero-order valence-corrected chi connectivity index (χ0v) is 10.7. The van der Waals surface area contributed by atoms with Gasteiger partial charge in [0.25, 0.3) is 10.2 Å². The van der Waals surface area contributed by atoms with E-state index in [4.69, 9.17) is 0 Å². The molecule has 2 aliphatic heterocycles. The summed E-state index contributed by atoms with van der Waals surface area (Å²) >= 11 is 0. The zero-order valence-electron chi connectivity index (χ0n) is 9.85. The van der Waals surface area contributed by atoms with Crippen molar-refractivity contribution < 1.29 is 8.42 Å². The molecule has 1 unspecified atom stereocenters. The Labute approximate surface area is 98.0 Å². The third kappa shape index (κ3) is 2.40. The molecule has 2 aliphatic rings. The molecule has 2 fully saturated rings. The largest absolute Gasteiger partial charge is 0.314 e. The summed E-state index contributed by atoms with van der Waals surface area (Å²) in [5, 5.41) is 3.21. The Balaban J connectivity index is 2.10. The summed E-state index contributed by atoms with van der Waals surface area (Å²) in [6.45, 7) is 5.47. The molecule has 5 nitrogen and oxygen atoms in total. The van der Waals surface area contributed by atoms with Crippen molar-refractivity contribution in [1.29, 1.82) is 0 Å². The van der Waals surface area contributed by atoms with Gasteiger partial charge in [0.1, 0.15) is 0 Å². The van der Waals surface area contributed by atoms with Gasteiger partial charge in [-0.2, -0.15) is 17.0 Å². The van der Waals surface area contributed by atoms with Gasteiger partial charge in [0, 0.05) is 38.8 Å². The molecule has 94 valence electrons. The molecule has 0 saturated carbocycles. The predicted molar refractivity (Wildman–Crippen MR) is 63.4 cm³/mol. The summed E-state index contributed by atoms with van der Waals surface area (Å²) in [5.74, 6) is 0. The molecule has 1 N–H and O–H groups in total. The summed E-state index contributed by atoms with van der Waals surface area (Å²) in [4.78, 5) is 0. The molecule has 1 atom stereocenters. The molecule has 0 aliphatic carbocycles. The Morgan fingerprint density at radius 3 is 2.44 bits per heavy atom. The van der Waals surface area contributed by atoms with Gasteiger partial charge in [0.05, 0.1) is 0 Å². The Morgan fingerprint density at radius 1 is 1.12 bits per heavy atom. The smallest absolute Gasteiger partial charge is 0.282 e. The number of nitrogens with zero attached hydrogens (tertiary/aromatic N) is 2. The van der Waals surface area contributed by atoms with Crippen LogP contribution >= 0.6 is 0 Å². The lowest BCUT2D eigenvalue weighted by Crippen LogP contribution is -2.56. The van der Waals surface area contributed by atoms with E-state index in [-0.39, 0.29) is 6.04 Å². The van der Waals surface area contributed by atoms with Gasteiger partial charge in [-0.1, -0.05) is 6.42 Å². The van der Waals surface area contributed by atoms with E-state index in [1.807, 2.05) is 6.92 Å². The first-order chi connectivity index (χ1) is 7.62. The quantitative estimate of drug-likeness (QED) is 0.748. The van der Waals surface area contributed by atoms with E-state index in [0.29, 0.717) is 19.6 Å². The molecular weight excluding hydrogens is 226 g/mol. The number of rotatable bonds is 2. The van der Waals surface area contributed by atoms with Crippen LogP contribution in [0.5, 0.6) is 0 Å². The Bertz CT molecular complexity index is 325. The fraction of sp³-hybridized carbons (Fsp3) is 1.00. The highest BCUT2D eigenvalue weighted by Crippen LogP contribution is 2.19. The Kier molecular flexibility index (Phi) is 3.84. The second kappa shape index (κ2) is 5.00. The number of nitrogens with one attached hydrogen (secondary N) is 1. The highest BCUT2D eigenvalue weighted by molar-refractivity contribution is 7.86. The van der Waals surface area contributed by atoms with Crippen LogP contribution in [0.1, 0.15) is 26.2 Å². The summed E-state index contributed by atoms with van der Waals surface area (Å²) in [6, 6.07) is 0.0701. The molecule has 0 amide bonds. The first-order valence-corrected chi connectivity index (χ1v) is 7.50. The van der Waals surface area contributed by atoms with Crippen molar-refractivity contribution in [3.8, 4) is 0 Å². The van der Waals surface area contributed by atoms with E-state index in [0.717, 1.165) is 32.4 Å². The SMILES string of the molecule is CC1CNCCN1S(=O)(=O)N1CCCCC1. The van der Waals surface area contributed by atoms with E-state index < -0.39 is 10.2 Å². The van der Waals surface area contributed by atoms with Gasteiger partial charge in [-0.15, -0.1) is 0 Å². The second-order valence-electron chi connectivity index (χ2n) is 4.63. The Hall–Kier alpha value is -0.170. The molecule has 2 rings (SSSR count). The maximum absolute atomic E-state index is 12.4. The van der Waals surface area contributed by atoms with Crippen molar-refractivity contribution in [3.63, 3.8) is 0 Å². The van der Waals surface area contributed by atoms with Gasteiger partial charge < -0.3 is 5.32 Å². The van der Waals surface area contributed by atoms with Crippen LogP contribution in [0.15, 0.2) is 0 Å². The van der Waals surface area contributed by atoms with Crippen molar-refractivity contribution in [1.82, 2.24) is 13.9 Å². The van der Waals surface area contributed by atoms with Crippen LogP contribution in [-0.2, 0) is 10.2 Å². The van der Waals surface area contributed by atoms with Crippen LogP contribution in [0.3, 0.4) is 0 Å². The molecule has 0 radical (unpaired) electrons. The van der Waals surface area contributed by atoms with Gasteiger partial charge >= 0.3 is 0 Å². The minimum Gasteiger partial charge on any atom is -0.314 e. The van der Waals surface area contributed by atoms with Crippen molar-refractivity contribution >= 4 is 10.2 Å². The minimum atomic E-state index is -3.21. The van der Waals surface area contributed by atoms with E-state index in [1.54, 1.807) is 8.61 Å². The third-order valence-electron chi connectivity index (χ3n) is 3.38. The van der Waals surface area contributed by atoms with Crippen LogP contribution < -0.4 is 5.32 Å². The molecule has 0 bridgehead atoms. The summed E-state index contributed by atoms with van der Waals surface area (Å²) in [5.41, 5.74) is 0. The number of hydrogen-bond donors (Lipinski definition) is 1. The van der Waals surface area contributed by atoms with Crippen molar-refractivity contribution in [2.75, 3.05) is 32.7 Å². The van der Waals surface area contributed by atoms with Crippen molar-refractivity contribution in [2.45, 2.75) is 32.2 Å². The monoisotopic (exact) mass is 247 g/mol. The first-order valence-electron chi connectivity index (χ1n) is 6.10. The maximum Gasteiger partial charge on any atom is 0.282 e. The van der Waals surface area contributed by atoms with Crippen molar-refractivity contribution in [2.24, 2.45) is 0 Å². The summed E-state index contributed by atoms with van der Waals surface area (Å²) in [7, 11) is -3.21. The molecule has 6 heteroatoms. The molecule has 0 aromatic rings. The zero-order chi connectivity index (χ0) is 11.6. The number of hydrogen-bond acceptors (Lipinski definition) is 3. The van der Waals surface area contributed by atoms with Crippen molar-refractivity contribution in [3.05, 3.63) is 0 Å². The van der Waals surface area contributed by atoms with Gasteiger partial charge in [0.15, 0.2) is 0 Å². The molecular formula is C10H21N3O2S. The molecule has 0 aromatic carbocycles. The fourth-order valence-electron chi connectivity index (χ4n) is 2.41. The summed E-state index contributed by atoms with van der Waals surface area (Å²) < 4.78 is 28.0. The van der Waals surface area contributed by atoms with Gasteiger partial charge in [-0.25, -0.2) is 0 Å². The minimum absolute atomic E-state index is 0.0701. The van der Waals surface area contributed by atoms with Gasteiger partial charge in [0.2, 0.25) is 0 Å². The number of piperazine rings is 1. The van der Waals surface area contributed by atoms with Crippen LogP contribution in [0.25, 0.3) is 0 Å². The normalized spacial score (nSPS) is 30.4. The maximum atomic E-state index is 12.4. The number of piperidine rings is 1. The van der Waals surface area contributed by atoms with E-state index in [2.05, 4.69) is 5.32 Å². The molecule has 0 aromatic heterocycles. The highest BCUT2D eigenvalue weighted by atomic mass is 32.2. The van der Waals surface area contributed by atoms with Gasteiger partial charge in [-0.05, 0) is 19.8 Å². The molecule has 0 spiro atoms. The Morgan fingerprint density at radius 2 is 1.81 bits per heavy atom. The first kappa shape index (κ1) is 12.3. The lowest BCUT2D eigenvalue weighted by molar-refractivity contribution is 0.246. The summed E-state index contributed by atoms with van der Waals surface area (Å²) in [6.07, 6.45) is 3.16. The van der Waals surface area contributed by atoms with E-state index >= 15 is 0 Å². The molecule has 2 saturated heterocycles. The fourth-order valence-corrected chi connectivity index (χ4v) is 4.28. The highest BCUT2D eigenvalue weighted by Gasteiger charge is 2.34. The van der Waals surface area contributed by atoms with Crippen LogP contribution in [-0.4, -0.2) is 55.8 Å². The average molecular weight is 247 g/mol. The third-order valence-corrected chi connectivity index (χ3v) is 5.53.